The molecule has 0 heterocycles. The van der Waals surface area contributed by atoms with E-state index in [0.717, 1.165) is 64.1 Å². The number of aliphatic hydroxyl groups excluding tert-OH is 1. The van der Waals surface area contributed by atoms with Crippen molar-refractivity contribution < 1.29 is 19.8 Å². The van der Waals surface area contributed by atoms with Gasteiger partial charge in [-0.15, -0.1) is 0 Å². The van der Waals surface area contributed by atoms with Gasteiger partial charge in [-0.25, -0.2) is 0 Å². The van der Waals surface area contributed by atoms with E-state index >= 15 is 0 Å². The van der Waals surface area contributed by atoms with Crippen LogP contribution in [0.15, 0.2) is 12.2 Å². The van der Waals surface area contributed by atoms with Crippen LogP contribution in [0.3, 0.4) is 0 Å². The van der Waals surface area contributed by atoms with Crippen molar-refractivity contribution in [2.75, 3.05) is 0 Å². The predicted octanol–water partition coefficient (Wildman–Crippen LogP) is 6.27. The van der Waals surface area contributed by atoms with E-state index in [1.807, 2.05) is 0 Å². The first-order valence-corrected chi connectivity index (χ1v) is 13.8. The summed E-state index contributed by atoms with van der Waals surface area (Å²) in [5.74, 6) is 0.830. The van der Waals surface area contributed by atoms with Crippen LogP contribution >= 0.6 is 0 Å². The minimum atomic E-state index is -0.692. The Balaban J connectivity index is 1.57. The molecule has 190 valence electrons. The molecule has 0 saturated heterocycles. The number of aldehydes is 1. The number of carbonyl (C=O) groups excluding carboxylic acids is 1. The molecule has 5 rings (SSSR count). The van der Waals surface area contributed by atoms with Gasteiger partial charge in [0.1, 0.15) is 6.29 Å². The number of carboxylic acid groups (broad SMARTS) is 1. The van der Waals surface area contributed by atoms with Gasteiger partial charge in [0.15, 0.2) is 0 Å². The van der Waals surface area contributed by atoms with E-state index in [2.05, 4.69) is 41.2 Å². The summed E-state index contributed by atoms with van der Waals surface area (Å²) in [6, 6.07) is 0. The van der Waals surface area contributed by atoms with Crippen LogP contribution in [-0.4, -0.2) is 28.6 Å². The molecule has 0 unspecified atom stereocenters. The predicted molar refractivity (Wildman–Crippen MR) is 133 cm³/mol. The standard InChI is InChI=1S/C30H46O4/c1-18(17-31)19-9-14-30(25(33)34)16-15-28(5)20(24(19)30)7-8-22-27(4)12-11-23(32)26(2,3)21(27)10-13-29(22,28)6/h17,19-24,32H,1,7-16H2,2-6H3,(H,33,34)/t19-,20+,21-,22+,23-,24+,27-,28+,29+,30-/m0/s1. The van der Waals surface area contributed by atoms with Crippen molar-refractivity contribution in [3.05, 3.63) is 12.2 Å². The van der Waals surface area contributed by atoms with Crippen LogP contribution in [0, 0.1) is 56.7 Å². The molecule has 0 aromatic carbocycles. The lowest BCUT2D eigenvalue weighted by Gasteiger charge is -2.72. The number of carboxylic acids is 1. The van der Waals surface area contributed by atoms with Gasteiger partial charge >= 0.3 is 5.97 Å². The molecule has 0 radical (unpaired) electrons. The van der Waals surface area contributed by atoms with Crippen molar-refractivity contribution >= 4 is 12.3 Å². The van der Waals surface area contributed by atoms with E-state index in [9.17, 15) is 19.8 Å². The summed E-state index contributed by atoms with van der Waals surface area (Å²) < 4.78 is 0. The normalized spacial score (nSPS) is 53.6. The summed E-state index contributed by atoms with van der Waals surface area (Å²) in [6.45, 7) is 16.2. The number of hydrogen-bond donors (Lipinski definition) is 2. The van der Waals surface area contributed by atoms with Gasteiger partial charge < -0.3 is 10.2 Å². The Kier molecular flexibility index (Phi) is 5.36. The number of fused-ring (bicyclic) bond motifs is 7. The molecule has 0 bridgehead atoms. The fourth-order valence-corrected chi connectivity index (χ4v) is 11.5. The molecule has 0 aliphatic heterocycles. The van der Waals surface area contributed by atoms with Crippen molar-refractivity contribution in [2.45, 2.75) is 105 Å². The number of rotatable bonds is 3. The number of hydrogen-bond acceptors (Lipinski definition) is 3. The molecule has 0 amide bonds. The second-order valence-corrected chi connectivity index (χ2v) is 14.4. The lowest BCUT2D eigenvalue weighted by Crippen LogP contribution is -2.67. The third-order valence-corrected chi connectivity index (χ3v) is 13.5. The van der Waals surface area contributed by atoms with Crippen molar-refractivity contribution in [3.63, 3.8) is 0 Å². The summed E-state index contributed by atoms with van der Waals surface area (Å²) in [5, 5.41) is 21.4. The molecule has 5 saturated carbocycles. The highest BCUT2D eigenvalue weighted by Crippen LogP contribution is 2.77. The van der Waals surface area contributed by atoms with Gasteiger partial charge in [0, 0.05) is 0 Å². The van der Waals surface area contributed by atoms with E-state index < -0.39 is 11.4 Å². The Morgan fingerprint density at radius 3 is 2.21 bits per heavy atom. The van der Waals surface area contributed by atoms with Crippen LogP contribution in [-0.2, 0) is 9.59 Å². The number of carbonyl (C=O) groups is 2. The molecular weight excluding hydrogens is 424 g/mol. The third-order valence-electron chi connectivity index (χ3n) is 13.5. The Hall–Kier alpha value is -1.16. The average Bonchev–Trinajstić information content (AvgIpc) is 3.18. The molecule has 0 aromatic heterocycles. The monoisotopic (exact) mass is 470 g/mol. The molecular formula is C30H46O4. The van der Waals surface area contributed by atoms with Gasteiger partial charge in [-0.2, -0.15) is 0 Å². The first-order chi connectivity index (χ1) is 15.8. The highest BCUT2D eigenvalue weighted by Gasteiger charge is 2.72. The SMILES string of the molecule is C=C(C=O)[C@@H]1CC[C@]2(C(=O)O)CC[C@]3(C)[C@H](CC[C@@H]4[C@@]5(C)CC[C@H](O)C(C)(C)[C@@H]5CC[C@]43C)[C@@H]12. The van der Waals surface area contributed by atoms with Crippen LogP contribution in [0.4, 0.5) is 0 Å². The Morgan fingerprint density at radius 1 is 0.853 bits per heavy atom. The van der Waals surface area contributed by atoms with Gasteiger partial charge in [0.2, 0.25) is 0 Å². The first kappa shape index (κ1) is 24.5. The molecule has 5 aliphatic rings. The number of aliphatic carboxylic acids is 1. The Labute approximate surface area is 206 Å². The van der Waals surface area contributed by atoms with Crippen LogP contribution in [0.1, 0.15) is 98.8 Å². The van der Waals surface area contributed by atoms with Crippen molar-refractivity contribution in [3.8, 4) is 0 Å². The summed E-state index contributed by atoms with van der Waals surface area (Å²) in [5.41, 5.74) is 0.298. The highest BCUT2D eigenvalue weighted by molar-refractivity contribution is 5.78. The van der Waals surface area contributed by atoms with E-state index in [-0.39, 0.29) is 39.6 Å². The maximum absolute atomic E-state index is 12.8. The fourth-order valence-electron chi connectivity index (χ4n) is 11.5. The molecule has 10 atom stereocenters. The molecule has 4 heteroatoms. The van der Waals surface area contributed by atoms with Crippen LogP contribution in [0.2, 0.25) is 0 Å². The van der Waals surface area contributed by atoms with Gasteiger partial charge in [0.05, 0.1) is 11.5 Å². The van der Waals surface area contributed by atoms with Crippen molar-refractivity contribution in [1.82, 2.24) is 0 Å². The van der Waals surface area contributed by atoms with Crippen molar-refractivity contribution in [2.24, 2.45) is 56.7 Å². The second kappa shape index (κ2) is 7.43. The number of allylic oxidation sites excluding steroid dienone is 1. The smallest absolute Gasteiger partial charge is 0.309 e. The lowest BCUT2D eigenvalue weighted by molar-refractivity contribution is -0.248. The summed E-state index contributed by atoms with van der Waals surface area (Å²) >= 11 is 0. The average molecular weight is 471 g/mol. The van der Waals surface area contributed by atoms with Crippen LogP contribution in [0.25, 0.3) is 0 Å². The van der Waals surface area contributed by atoms with Gasteiger partial charge in [0.25, 0.3) is 0 Å². The zero-order valence-electron chi connectivity index (χ0n) is 22.0. The first-order valence-electron chi connectivity index (χ1n) is 13.8. The molecule has 34 heavy (non-hydrogen) atoms. The molecule has 5 aliphatic carbocycles. The van der Waals surface area contributed by atoms with E-state index in [4.69, 9.17) is 0 Å². The molecule has 4 nitrogen and oxygen atoms in total. The maximum Gasteiger partial charge on any atom is 0.309 e. The maximum atomic E-state index is 12.8. The van der Waals surface area contributed by atoms with Gasteiger partial charge in [-0.1, -0.05) is 41.2 Å². The Morgan fingerprint density at radius 2 is 1.56 bits per heavy atom. The minimum absolute atomic E-state index is 0.00839. The molecule has 2 N–H and O–H groups in total. The van der Waals surface area contributed by atoms with Crippen LogP contribution < -0.4 is 0 Å². The fraction of sp³-hybridized carbons (Fsp3) is 0.867. The summed E-state index contributed by atoms with van der Waals surface area (Å²) in [7, 11) is 0. The summed E-state index contributed by atoms with van der Waals surface area (Å²) in [4.78, 5) is 24.5. The van der Waals surface area contributed by atoms with E-state index in [1.165, 1.54) is 0 Å². The zero-order chi connectivity index (χ0) is 24.9. The molecule has 0 aromatic rings. The quantitative estimate of drug-likeness (QED) is 0.377. The van der Waals surface area contributed by atoms with Gasteiger partial charge in [-0.3, -0.25) is 9.59 Å². The molecule has 5 fully saturated rings. The van der Waals surface area contributed by atoms with Crippen molar-refractivity contribution in [1.29, 1.82) is 0 Å². The lowest BCUT2D eigenvalue weighted by atomic mass is 9.32. The highest BCUT2D eigenvalue weighted by atomic mass is 16.4. The zero-order valence-corrected chi connectivity index (χ0v) is 22.0. The van der Waals surface area contributed by atoms with Gasteiger partial charge in [-0.05, 0) is 121 Å². The van der Waals surface area contributed by atoms with E-state index in [1.54, 1.807) is 0 Å². The minimum Gasteiger partial charge on any atom is -0.481 e. The largest absolute Gasteiger partial charge is 0.481 e. The second-order valence-electron chi connectivity index (χ2n) is 14.4. The third kappa shape index (κ3) is 2.75. The topological polar surface area (TPSA) is 74.6 Å². The van der Waals surface area contributed by atoms with Crippen LogP contribution in [0.5, 0.6) is 0 Å². The number of aliphatic hydroxyl groups is 1. The van der Waals surface area contributed by atoms with E-state index in [0.29, 0.717) is 29.7 Å². The Bertz CT molecular complexity index is 907. The molecule has 0 spiro atoms. The summed E-state index contributed by atoms with van der Waals surface area (Å²) in [6.07, 6.45) is 10.3.